The molecule has 178 valence electrons. The average Bonchev–Trinajstić information content (AvgIpc) is 3.17. The van der Waals surface area contributed by atoms with Gasteiger partial charge in [0.05, 0.1) is 0 Å². The monoisotopic (exact) mass is 449 g/mol. The molecule has 2 amide bonds. The summed E-state index contributed by atoms with van der Waals surface area (Å²) in [4.78, 5) is 30.9. The normalized spacial score (nSPS) is 35.2. The van der Waals surface area contributed by atoms with Crippen LogP contribution < -0.4 is 5.32 Å². The third kappa shape index (κ3) is 4.11. The SMILES string of the molecule is CN1CCCC1CCN1CCc2c(NC(=O)CC34CC5CC(CC(C5)C3)C4)cccc2C1=O. The maximum atomic E-state index is 13.2. The van der Waals surface area contributed by atoms with Gasteiger partial charge >= 0.3 is 0 Å². The molecule has 4 saturated carbocycles. The lowest BCUT2D eigenvalue weighted by Crippen LogP contribution is -2.47. The van der Waals surface area contributed by atoms with Gasteiger partial charge in [-0.25, -0.2) is 0 Å². The minimum absolute atomic E-state index is 0.133. The lowest BCUT2D eigenvalue weighted by Gasteiger charge is -2.56. The van der Waals surface area contributed by atoms with E-state index in [2.05, 4.69) is 17.3 Å². The Balaban J connectivity index is 1.11. The van der Waals surface area contributed by atoms with Crippen LogP contribution in [0.15, 0.2) is 18.2 Å². The maximum Gasteiger partial charge on any atom is 0.254 e. The summed E-state index contributed by atoms with van der Waals surface area (Å²) >= 11 is 0. The highest BCUT2D eigenvalue weighted by Crippen LogP contribution is 2.61. The molecule has 5 fully saturated rings. The van der Waals surface area contributed by atoms with Gasteiger partial charge in [-0.15, -0.1) is 0 Å². The third-order valence-electron chi connectivity index (χ3n) is 9.70. The lowest BCUT2D eigenvalue weighted by atomic mass is 9.49. The van der Waals surface area contributed by atoms with Gasteiger partial charge in [-0.2, -0.15) is 0 Å². The lowest BCUT2D eigenvalue weighted by molar-refractivity contribution is -0.124. The molecule has 1 N–H and O–H groups in total. The second kappa shape index (κ2) is 8.41. The molecule has 5 heteroatoms. The summed E-state index contributed by atoms with van der Waals surface area (Å²) in [6, 6.07) is 6.48. The van der Waals surface area contributed by atoms with E-state index in [1.54, 1.807) is 0 Å². The van der Waals surface area contributed by atoms with Crippen molar-refractivity contribution >= 4 is 17.5 Å². The molecule has 0 radical (unpaired) electrons. The number of nitrogens with one attached hydrogen (secondary N) is 1. The van der Waals surface area contributed by atoms with E-state index in [4.69, 9.17) is 0 Å². The zero-order chi connectivity index (χ0) is 22.6. The van der Waals surface area contributed by atoms with Gasteiger partial charge in [-0.3, -0.25) is 9.59 Å². The van der Waals surface area contributed by atoms with E-state index in [1.165, 1.54) is 57.9 Å². The number of benzene rings is 1. The van der Waals surface area contributed by atoms with E-state index in [1.807, 2.05) is 23.1 Å². The molecule has 1 saturated heterocycles. The number of fused-ring (bicyclic) bond motifs is 1. The number of likely N-dealkylation sites (tertiary alicyclic amines) is 1. The number of anilines is 1. The predicted octanol–water partition coefficient (Wildman–Crippen LogP) is 4.71. The van der Waals surface area contributed by atoms with Crippen molar-refractivity contribution in [3.05, 3.63) is 29.3 Å². The Morgan fingerprint density at radius 2 is 1.82 bits per heavy atom. The summed E-state index contributed by atoms with van der Waals surface area (Å²) in [5.74, 6) is 2.88. The minimum Gasteiger partial charge on any atom is -0.338 e. The largest absolute Gasteiger partial charge is 0.338 e. The van der Waals surface area contributed by atoms with Gasteiger partial charge in [0.15, 0.2) is 0 Å². The zero-order valence-corrected chi connectivity index (χ0v) is 20.2. The Hall–Kier alpha value is -1.88. The molecule has 2 heterocycles. The zero-order valence-electron chi connectivity index (χ0n) is 20.2. The summed E-state index contributed by atoms with van der Waals surface area (Å²) in [5.41, 5.74) is 2.93. The van der Waals surface area contributed by atoms with Crippen LogP contribution in [-0.2, 0) is 11.2 Å². The second-order valence-electron chi connectivity index (χ2n) is 12.1. The molecular weight excluding hydrogens is 410 g/mol. The molecule has 6 aliphatic rings. The molecule has 0 spiro atoms. The highest BCUT2D eigenvalue weighted by atomic mass is 16.2. The number of hydrogen-bond donors (Lipinski definition) is 1. The van der Waals surface area contributed by atoms with E-state index in [9.17, 15) is 9.59 Å². The van der Waals surface area contributed by atoms with Crippen molar-refractivity contribution in [1.29, 1.82) is 0 Å². The molecule has 1 aromatic rings. The Morgan fingerprint density at radius 3 is 2.48 bits per heavy atom. The van der Waals surface area contributed by atoms with Gasteiger partial charge in [0.2, 0.25) is 5.91 Å². The minimum atomic E-state index is 0.133. The number of rotatable bonds is 6. The van der Waals surface area contributed by atoms with Crippen LogP contribution in [0.4, 0.5) is 5.69 Å². The molecule has 1 atom stereocenters. The fourth-order valence-corrected chi connectivity index (χ4v) is 8.60. The number of nitrogens with zero attached hydrogens (tertiary/aromatic N) is 2. The van der Waals surface area contributed by atoms with Crippen LogP contribution in [0.2, 0.25) is 0 Å². The Bertz CT molecular complexity index is 906. The van der Waals surface area contributed by atoms with E-state index >= 15 is 0 Å². The Morgan fingerprint density at radius 1 is 1.09 bits per heavy atom. The second-order valence-corrected chi connectivity index (χ2v) is 12.1. The van der Waals surface area contributed by atoms with Crippen LogP contribution in [-0.4, -0.2) is 54.3 Å². The standard InChI is InChI=1S/C28H39N3O2/c1-30-9-3-4-22(30)7-10-31-11-8-23-24(27(31)33)5-2-6-25(23)29-26(32)18-28-15-19-12-20(16-28)14-21(13-19)17-28/h2,5-6,19-22H,3-4,7-18H2,1H3,(H,29,32). The Labute approximate surface area is 198 Å². The predicted molar refractivity (Wildman–Crippen MR) is 130 cm³/mol. The van der Waals surface area contributed by atoms with Crippen molar-refractivity contribution in [3.63, 3.8) is 0 Å². The highest BCUT2D eigenvalue weighted by molar-refractivity contribution is 6.00. The van der Waals surface area contributed by atoms with Gasteiger partial charge in [0, 0.05) is 36.8 Å². The fraction of sp³-hybridized carbons (Fsp3) is 0.714. The summed E-state index contributed by atoms with van der Waals surface area (Å²) in [7, 11) is 2.20. The number of amides is 2. The molecule has 1 aromatic carbocycles. The van der Waals surface area contributed by atoms with Crippen LogP contribution in [0.3, 0.4) is 0 Å². The van der Waals surface area contributed by atoms with Crippen LogP contribution in [0.5, 0.6) is 0 Å². The van der Waals surface area contributed by atoms with E-state index < -0.39 is 0 Å². The van der Waals surface area contributed by atoms with Gasteiger partial charge in [0.1, 0.15) is 0 Å². The first-order valence-corrected chi connectivity index (χ1v) is 13.4. The van der Waals surface area contributed by atoms with E-state index in [-0.39, 0.29) is 17.2 Å². The van der Waals surface area contributed by atoms with Crippen molar-refractivity contribution in [2.45, 2.75) is 76.7 Å². The highest BCUT2D eigenvalue weighted by Gasteiger charge is 2.51. The molecule has 7 rings (SSSR count). The van der Waals surface area contributed by atoms with Crippen molar-refractivity contribution in [1.82, 2.24) is 9.80 Å². The molecular formula is C28H39N3O2. The molecule has 33 heavy (non-hydrogen) atoms. The third-order valence-corrected chi connectivity index (χ3v) is 9.70. The molecule has 1 unspecified atom stereocenters. The topological polar surface area (TPSA) is 52.6 Å². The van der Waals surface area contributed by atoms with Crippen molar-refractivity contribution in [2.75, 3.05) is 32.0 Å². The van der Waals surface area contributed by atoms with Gasteiger partial charge in [-0.05, 0) is 119 Å². The van der Waals surface area contributed by atoms with E-state index in [0.29, 0.717) is 12.5 Å². The first-order chi connectivity index (χ1) is 16.0. The number of hydrogen-bond acceptors (Lipinski definition) is 3. The molecule has 0 aromatic heterocycles. The van der Waals surface area contributed by atoms with Gasteiger partial charge in [0.25, 0.3) is 5.91 Å². The Kier molecular flexibility index (Phi) is 5.51. The summed E-state index contributed by atoms with van der Waals surface area (Å²) in [6.07, 6.45) is 13.0. The van der Waals surface area contributed by atoms with Crippen LogP contribution in [0.1, 0.15) is 80.1 Å². The average molecular weight is 450 g/mol. The maximum absolute atomic E-state index is 13.2. The molecule has 2 aliphatic heterocycles. The van der Waals surface area contributed by atoms with Gasteiger partial charge < -0.3 is 15.1 Å². The van der Waals surface area contributed by atoms with Crippen LogP contribution in [0.25, 0.3) is 0 Å². The van der Waals surface area contributed by atoms with Crippen molar-refractivity contribution < 1.29 is 9.59 Å². The van der Waals surface area contributed by atoms with E-state index in [0.717, 1.165) is 60.5 Å². The first-order valence-electron chi connectivity index (χ1n) is 13.4. The summed E-state index contributed by atoms with van der Waals surface area (Å²) in [5, 5.41) is 3.25. The number of carbonyl (C=O) groups is 2. The molecule has 4 bridgehead atoms. The van der Waals surface area contributed by atoms with Crippen LogP contribution >= 0.6 is 0 Å². The van der Waals surface area contributed by atoms with Crippen molar-refractivity contribution in [3.8, 4) is 0 Å². The first kappa shape index (κ1) is 21.6. The van der Waals surface area contributed by atoms with Crippen LogP contribution in [0, 0.1) is 23.2 Å². The number of carbonyl (C=O) groups excluding carboxylic acids is 2. The summed E-state index contributed by atoms with van der Waals surface area (Å²) in [6.45, 7) is 2.76. The molecule has 5 nitrogen and oxygen atoms in total. The molecule has 4 aliphatic carbocycles. The quantitative estimate of drug-likeness (QED) is 0.684. The fourth-order valence-electron chi connectivity index (χ4n) is 8.60. The van der Waals surface area contributed by atoms with Crippen molar-refractivity contribution in [2.24, 2.45) is 23.2 Å². The smallest absolute Gasteiger partial charge is 0.254 e. The van der Waals surface area contributed by atoms with Gasteiger partial charge in [-0.1, -0.05) is 6.07 Å². The summed E-state index contributed by atoms with van der Waals surface area (Å²) < 4.78 is 0.